The topological polar surface area (TPSA) is 56.1 Å². The van der Waals surface area contributed by atoms with Crippen molar-refractivity contribution in [3.63, 3.8) is 0 Å². The first-order chi connectivity index (χ1) is 7.95. The van der Waals surface area contributed by atoms with Crippen molar-refractivity contribution in [3.8, 4) is 0 Å². The summed E-state index contributed by atoms with van der Waals surface area (Å²) in [6.45, 7) is 2.66. The van der Waals surface area contributed by atoms with Crippen LogP contribution in [0.15, 0.2) is 28.3 Å². The predicted octanol–water partition coefficient (Wildman–Crippen LogP) is 0.635. The maximum absolute atomic E-state index is 5.44. The monoisotopic (exact) mass is 217 g/mol. The van der Waals surface area contributed by atoms with Gasteiger partial charge in [-0.15, -0.1) is 0 Å². The molecule has 0 bridgehead atoms. The molecule has 3 heterocycles. The number of aliphatic imine (C=N–C) groups is 2. The summed E-state index contributed by atoms with van der Waals surface area (Å²) >= 11 is 0. The van der Waals surface area contributed by atoms with Crippen molar-refractivity contribution >= 4 is 11.8 Å². The standard InChI is InChI=1S/C11H11N3O2/c1-2-8(10-13-4-6-15-10)9(12-3-1)11-14-5-7-16-11/h1-3H,4-7H2. The highest BCUT2D eigenvalue weighted by atomic mass is 16.5. The van der Waals surface area contributed by atoms with E-state index in [2.05, 4.69) is 15.0 Å². The number of hydrogen-bond donors (Lipinski definition) is 0. The first-order valence-electron chi connectivity index (χ1n) is 5.25. The number of rotatable bonds is 2. The van der Waals surface area contributed by atoms with Crippen molar-refractivity contribution in [2.24, 2.45) is 9.98 Å². The van der Waals surface area contributed by atoms with Crippen LogP contribution in [0.25, 0.3) is 0 Å². The van der Waals surface area contributed by atoms with Crippen LogP contribution in [-0.4, -0.2) is 43.1 Å². The molecule has 0 atom stereocenters. The Morgan fingerprint density at radius 2 is 1.75 bits per heavy atom. The van der Waals surface area contributed by atoms with Crippen molar-refractivity contribution in [1.82, 2.24) is 4.98 Å². The number of hydrogen-bond acceptors (Lipinski definition) is 5. The van der Waals surface area contributed by atoms with Gasteiger partial charge in [0.2, 0.25) is 11.8 Å². The van der Waals surface area contributed by atoms with Gasteiger partial charge in [-0.1, -0.05) is 0 Å². The number of pyridine rings is 1. The first kappa shape index (κ1) is 9.33. The maximum Gasteiger partial charge on any atom is 0.236 e. The second-order valence-electron chi connectivity index (χ2n) is 3.47. The van der Waals surface area contributed by atoms with E-state index < -0.39 is 0 Å². The second-order valence-corrected chi connectivity index (χ2v) is 3.47. The molecule has 0 spiro atoms. The molecule has 82 valence electrons. The fourth-order valence-corrected chi connectivity index (χ4v) is 1.72. The smallest absolute Gasteiger partial charge is 0.236 e. The van der Waals surface area contributed by atoms with E-state index in [0.29, 0.717) is 38.1 Å². The Labute approximate surface area is 92.8 Å². The summed E-state index contributed by atoms with van der Waals surface area (Å²) in [4.78, 5) is 12.8. The second kappa shape index (κ2) is 3.92. The summed E-state index contributed by atoms with van der Waals surface area (Å²) in [5.41, 5.74) is 1.58. The molecule has 0 radical (unpaired) electrons. The van der Waals surface area contributed by atoms with Crippen LogP contribution in [0.2, 0.25) is 0 Å². The Hall–Kier alpha value is -1.91. The lowest BCUT2D eigenvalue weighted by molar-refractivity contribution is 0.343. The molecule has 1 aromatic heterocycles. The summed E-state index contributed by atoms with van der Waals surface area (Å²) in [5.74, 6) is 1.23. The maximum atomic E-state index is 5.44. The number of nitrogens with zero attached hydrogens (tertiary/aromatic N) is 3. The lowest BCUT2D eigenvalue weighted by Crippen LogP contribution is -2.13. The third-order valence-corrected chi connectivity index (χ3v) is 2.41. The lowest BCUT2D eigenvalue weighted by Gasteiger charge is -2.07. The highest BCUT2D eigenvalue weighted by Crippen LogP contribution is 2.14. The minimum atomic E-state index is 0.591. The van der Waals surface area contributed by atoms with Gasteiger partial charge in [-0.3, -0.25) is 4.98 Å². The zero-order valence-corrected chi connectivity index (χ0v) is 8.72. The fourth-order valence-electron chi connectivity index (χ4n) is 1.72. The van der Waals surface area contributed by atoms with E-state index in [0.717, 1.165) is 11.3 Å². The summed E-state index contributed by atoms with van der Waals surface area (Å²) < 4.78 is 10.9. The largest absolute Gasteiger partial charge is 0.475 e. The van der Waals surface area contributed by atoms with Gasteiger partial charge in [0.25, 0.3) is 0 Å². The summed E-state index contributed by atoms with van der Waals surface area (Å²) in [6, 6.07) is 3.79. The predicted molar refractivity (Wildman–Crippen MR) is 58.9 cm³/mol. The van der Waals surface area contributed by atoms with Gasteiger partial charge in [0, 0.05) is 6.20 Å². The zero-order chi connectivity index (χ0) is 10.8. The molecule has 5 heteroatoms. The molecule has 16 heavy (non-hydrogen) atoms. The van der Waals surface area contributed by atoms with Gasteiger partial charge < -0.3 is 9.47 Å². The fraction of sp³-hybridized carbons (Fsp3) is 0.364. The molecule has 2 aliphatic heterocycles. The molecule has 0 amide bonds. The van der Waals surface area contributed by atoms with Crippen LogP contribution in [0.4, 0.5) is 0 Å². The van der Waals surface area contributed by atoms with Crippen LogP contribution in [0.3, 0.4) is 0 Å². The highest BCUT2D eigenvalue weighted by molar-refractivity contribution is 6.06. The molecule has 2 aliphatic rings. The van der Waals surface area contributed by atoms with E-state index in [9.17, 15) is 0 Å². The molecule has 0 fully saturated rings. The average Bonchev–Trinajstić information content (AvgIpc) is 3.03. The number of aromatic nitrogens is 1. The quantitative estimate of drug-likeness (QED) is 0.730. The Bertz CT molecular complexity index is 425. The van der Waals surface area contributed by atoms with E-state index in [1.807, 2.05) is 12.1 Å². The Morgan fingerprint density at radius 3 is 2.44 bits per heavy atom. The third kappa shape index (κ3) is 1.54. The van der Waals surface area contributed by atoms with Gasteiger partial charge >= 0.3 is 0 Å². The highest BCUT2D eigenvalue weighted by Gasteiger charge is 2.21. The van der Waals surface area contributed by atoms with Gasteiger partial charge in [0.15, 0.2) is 0 Å². The van der Waals surface area contributed by atoms with E-state index >= 15 is 0 Å². The molecule has 0 aliphatic carbocycles. The zero-order valence-electron chi connectivity index (χ0n) is 8.72. The van der Waals surface area contributed by atoms with Crippen LogP contribution in [-0.2, 0) is 9.47 Å². The van der Waals surface area contributed by atoms with E-state index in [1.54, 1.807) is 6.20 Å². The molecular formula is C11H11N3O2. The molecule has 5 nitrogen and oxygen atoms in total. The van der Waals surface area contributed by atoms with Crippen LogP contribution >= 0.6 is 0 Å². The number of ether oxygens (including phenoxy) is 2. The minimum Gasteiger partial charge on any atom is -0.475 e. The van der Waals surface area contributed by atoms with Gasteiger partial charge in [0.05, 0.1) is 18.7 Å². The minimum absolute atomic E-state index is 0.591. The molecule has 3 rings (SSSR count). The molecule has 1 aromatic rings. The summed E-state index contributed by atoms with van der Waals surface area (Å²) in [5, 5.41) is 0. The first-order valence-corrected chi connectivity index (χ1v) is 5.25. The Balaban J connectivity index is 2.03. The SMILES string of the molecule is c1cnc(C2=NCCO2)c(C2=NCCO2)c1. The van der Waals surface area contributed by atoms with Gasteiger partial charge in [-0.2, -0.15) is 0 Å². The van der Waals surface area contributed by atoms with E-state index in [4.69, 9.17) is 9.47 Å². The molecule has 0 saturated carbocycles. The van der Waals surface area contributed by atoms with Crippen LogP contribution in [0.5, 0.6) is 0 Å². The third-order valence-electron chi connectivity index (χ3n) is 2.41. The van der Waals surface area contributed by atoms with Gasteiger partial charge in [-0.25, -0.2) is 9.98 Å². The van der Waals surface area contributed by atoms with Crippen LogP contribution in [0, 0.1) is 0 Å². The average molecular weight is 217 g/mol. The summed E-state index contributed by atoms with van der Waals surface area (Å²) in [7, 11) is 0. The molecule has 0 unspecified atom stereocenters. The van der Waals surface area contributed by atoms with E-state index in [1.165, 1.54) is 0 Å². The normalized spacial score (nSPS) is 18.8. The van der Waals surface area contributed by atoms with Crippen molar-refractivity contribution in [1.29, 1.82) is 0 Å². The molecule has 0 aromatic carbocycles. The van der Waals surface area contributed by atoms with Gasteiger partial charge in [0.1, 0.15) is 18.9 Å². The van der Waals surface area contributed by atoms with E-state index in [-0.39, 0.29) is 0 Å². The summed E-state index contributed by atoms with van der Waals surface area (Å²) in [6.07, 6.45) is 1.72. The lowest BCUT2D eigenvalue weighted by atomic mass is 10.2. The molecular weight excluding hydrogens is 206 g/mol. The van der Waals surface area contributed by atoms with Gasteiger partial charge in [-0.05, 0) is 12.1 Å². The Kier molecular flexibility index (Phi) is 2.29. The molecule has 0 N–H and O–H groups in total. The van der Waals surface area contributed by atoms with Crippen LogP contribution in [0.1, 0.15) is 11.3 Å². The van der Waals surface area contributed by atoms with Crippen molar-refractivity contribution in [2.45, 2.75) is 0 Å². The van der Waals surface area contributed by atoms with Crippen molar-refractivity contribution in [2.75, 3.05) is 26.3 Å². The van der Waals surface area contributed by atoms with Crippen LogP contribution < -0.4 is 0 Å². The molecule has 0 saturated heterocycles. The van der Waals surface area contributed by atoms with Crippen molar-refractivity contribution < 1.29 is 9.47 Å². The van der Waals surface area contributed by atoms with Crippen molar-refractivity contribution in [3.05, 3.63) is 29.6 Å². The Morgan fingerprint density at radius 1 is 1.00 bits per heavy atom.